The van der Waals surface area contributed by atoms with Gasteiger partial charge in [-0.25, -0.2) is 4.39 Å². The quantitative estimate of drug-likeness (QED) is 0.828. The zero-order valence-electron chi connectivity index (χ0n) is 9.79. The van der Waals surface area contributed by atoms with E-state index in [2.05, 4.69) is 5.32 Å². The molecule has 1 aromatic rings. The monoisotopic (exact) mass is 223 g/mol. The second-order valence-electron chi connectivity index (χ2n) is 4.48. The fraction of sp³-hybridized carbons (Fsp3) is 0.538. The molecule has 0 heterocycles. The van der Waals surface area contributed by atoms with Gasteiger partial charge in [-0.05, 0) is 50.4 Å². The zero-order valence-corrected chi connectivity index (χ0v) is 9.79. The van der Waals surface area contributed by atoms with Crippen LogP contribution in [0.4, 0.5) is 4.39 Å². The van der Waals surface area contributed by atoms with Gasteiger partial charge in [-0.3, -0.25) is 0 Å². The molecule has 3 heteroatoms. The summed E-state index contributed by atoms with van der Waals surface area (Å²) in [6.45, 7) is 2.48. The lowest BCUT2D eigenvalue weighted by molar-refractivity contribution is 0.246. The first-order valence-electron chi connectivity index (χ1n) is 5.77. The second kappa shape index (κ2) is 4.83. The molecule has 0 aliphatic heterocycles. The maximum Gasteiger partial charge on any atom is 0.165 e. The van der Waals surface area contributed by atoms with Crippen molar-refractivity contribution >= 4 is 0 Å². The average Bonchev–Trinajstić information content (AvgIpc) is 3.08. The van der Waals surface area contributed by atoms with Crippen molar-refractivity contribution in [2.24, 2.45) is 5.92 Å². The molecule has 1 aliphatic rings. The SMILES string of the molecule is CNC(COc1cc(C)ccc1F)C1CC1. The highest BCUT2D eigenvalue weighted by Gasteiger charge is 2.30. The molecule has 0 bridgehead atoms. The standard InChI is InChI=1S/C13H18FNO/c1-9-3-6-11(14)13(7-9)16-8-12(15-2)10-4-5-10/h3,6-7,10,12,15H,4-5,8H2,1-2H3. The molecule has 88 valence electrons. The van der Waals surface area contributed by atoms with E-state index in [1.165, 1.54) is 18.9 Å². The van der Waals surface area contributed by atoms with Crippen molar-refractivity contribution in [3.8, 4) is 5.75 Å². The number of likely N-dealkylation sites (N-methyl/N-ethyl adjacent to an activating group) is 1. The third-order valence-corrected chi connectivity index (χ3v) is 3.07. The van der Waals surface area contributed by atoms with E-state index in [4.69, 9.17) is 4.74 Å². The number of aryl methyl sites for hydroxylation is 1. The predicted molar refractivity (Wildman–Crippen MR) is 62.2 cm³/mol. The van der Waals surface area contributed by atoms with Gasteiger partial charge in [0, 0.05) is 6.04 Å². The Morgan fingerprint density at radius 2 is 2.25 bits per heavy atom. The lowest BCUT2D eigenvalue weighted by atomic mass is 10.2. The Labute approximate surface area is 95.8 Å². The Kier molecular flexibility index (Phi) is 3.44. The molecule has 0 amide bonds. The van der Waals surface area contributed by atoms with Crippen LogP contribution in [0.25, 0.3) is 0 Å². The Balaban J connectivity index is 1.95. The normalized spacial score (nSPS) is 17.2. The van der Waals surface area contributed by atoms with Crippen molar-refractivity contribution in [2.75, 3.05) is 13.7 Å². The molecule has 0 saturated heterocycles. The number of benzene rings is 1. The molecule has 0 radical (unpaired) electrons. The predicted octanol–water partition coefficient (Wildman–Crippen LogP) is 2.51. The summed E-state index contributed by atoms with van der Waals surface area (Å²) in [5.41, 5.74) is 1.02. The van der Waals surface area contributed by atoms with Crippen LogP contribution in [0.1, 0.15) is 18.4 Å². The lowest BCUT2D eigenvalue weighted by Gasteiger charge is -2.16. The van der Waals surface area contributed by atoms with Crippen LogP contribution in [0, 0.1) is 18.7 Å². The van der Waals surface area contributed by atoms with Gasteiger partial charge in [0.1, 0.15) is 6.61 Å². The minimum absolute atomic E-state index is 0.281. The molecule has 1 saturated carbocycles. The second-order valence-corrected chi connectivity index (χ2v) is 4.48. The van der Waals surface area contributed by atoms with Gasteiger partial charge in [0.15, 0.2) is 11.6 Å². The molecular weight excluding hydrogens is 205 g/mol. The summed E-state index contributed by atoms with van der Waals surface area (Å²) in [5, 5.41) is 3.22. The highest BCUT2D eigenvalue weighted by atomic mass is 19.1. The van der Waals surface area contributed by atoms with Gasteiger partial charge in [0.2, 0.25) is 0 Å². The van der Waals surface area contributed by atoms with E-state index >= 15 is 0 Å². The topological polar surface area (TPSA) is 21.3 Å². The van der Waals surface area contributed by atoms with Crippen molar-refractivity contribution in [2.45, 2.75) is 25.8 Å². The van der Waals surface area contributed by atoms with Gasteiger partial charge < -0.3 is 10.1 Å². The molecule has 1 atom stereocenters. The zero-order chi connectivity index (χ0) is 11.5. The molecule has 1 fully saturated rings. The summed E-state index contributed by atoms with van der Waals surface area (Å²) in [6.07, 6.45) is 2.51. The molecule has 0 aromatic heterocycles. The van der Waals surface area contributed by atoms with Crippen molar-refractivity contribution in [1.82, 2.24) is 5.32 Å². The van der Waals surface area contributed by atoms with Crippen LogP contribution in [-0.4, -0.2) is 19.7 Å². The van der Waals surface area contributed by atoms with Gasteiger partial charge in [0.05, 0.1) is 0 Å². The number of nitrogens with one attached hydrogen (secondary N) is 1. The van der Waals surface area contributed by atoms with Gasteiger partial charge in [-0.1, -0.05) is 6.07 Å². The van der Waals surface area contributed by atoms with Gasteiger partial charge in [-0.2, -0.15) is 0 Å². The van der Waals surface area contributed by atoms with Crippen molar-refractivity contribution < 1.29 is 9.13 Å². The molecule has 1 unspecified atom stereocenters. The maximum absolute atomic E-state index is 13.4. The minimum atomic E-state index is -0.281. The molecule has 1 aliphatic carbocycles. The van der Waals surface area contributed by atoms with E-state index in [9.17, 15) is 4.39 Å². The van der Waals surface area contributed by atoms with Crippen LogP contribution >= 0.6 is 0 Å². The van der Waals surface area contributed by atoms with Gasteiger partial charge >= 0.3 is 0 Å². The maximum atomic E-state index is 13.4. The molecule has 1 N–H and O–H groups in total. The first kappa shape index (κ1) is 11.4. The summed E-state index contributed by atoms with van der Waals surface area (Å²) in [5.74, 6) is 0.787. The van der Waals surface area contributed by atoms with Gasteiger partial charge in [-0.15, -0.1) is 0 Å². The molecule has 16 heavy (non-hydrogen) atoms. The Hall–Kier alpha value is -1.09. The highest BCUT2D eigenvalue weighted by molar-refractivity contribution is 5.29. The summed E-state index contributed by atoms with van der Waals surface area (Å²) >= 11 is 0. The van der Waals surface area contributed by atoms with Crippen LogP contribution < -0.4 is 10.1 Å². The number of rotatable bonds is 5. The summed E-state index contributed by atoms with van der Waals surface area (Å²) in [6, 6.07) is 5.30. The lowest BCUT2D eigenvalue weighted by Crippen LogP contribution is -2.33. The van der Waals surface area contributed by atoms with Crippen LogP contribution in [-0.2, 0) is 0 Å². The smallest absolute Gasteiger partial charge is 0.165 e. The molecule has 2 nitrogen and oxygen atoms in total. The molecule has 1 aromatic carbocycles. The summed E-state index contributed by atoms with van der Waals surface area (Å²) < 4.78 is 18.9. The first-order chi connectivity index (χ1) is 7.70. The van der Waals surface area contributed by atoms with Gasteiger partial charge in [0.25, 0.3) is 0 Å². The van der Waals surface area contributed by atoms with Crippen LogP contribution in [0.3, 0.4) is 0 Å². The Morgan fingerprint density at radius 3 is 2.88 bits per heavy atom. The molecule has 2 rings (SSSR count). The van der Waals surface area contributed by atoms with Crippen molar-refractivity contribution in [3.63, 3.8) is 0 Å². The highest BCUT2D eigenvalue weighted by Crippen LogP contribution is 2.32. The van der Waals surface area contributed by atoms with Crippen LogP contribution in [0.2, 0.25) is 0 Å². The van der Waals surface area contributed by atoms with Crippen molar-refractivity contribution in [1.29, 1.82) is 0 Å². The number of ether oxygens (including phenoxy) is 1. The van der Waals surface area contributed by atoms with Crippen LogP contribution in [0.5, 0.6) is 5.75 Å². The third-order valence-electron chi connectivity index (χ3n) is 3.07. The minimum Gasteiger partial charge on any atom is -0.489 e. The van der Waals surface area contributed by atoms with E-state index < -0.39 is 0 Å². The molecular formula is C13H18FNO. The van der Waals surface area contributed by atoms with Crippen molar-refractivity contribution in [3.05, 3.63) is 29.6 Å². The van der Waals surface area contributed by atoms with E-state index in [-0.39, 0.29) is 5.82 Å². The summed E-state index contributed by atoms with van der Waals surface area (Å²) in [4.78, 5) is 0. The average molecular weight is 223 g/mol. The fourth-order valence-corrected chi connectivity index (χ4v) is 1.85. The summed E-state index contributed by atoms with van der Waals surface area (Å²) in [7, 11) is 1.93. The molecule has 0 spiro atoms. The van der Waals surface area contributed by atoms with Crippen LogP contribution in [0.15, 0.2) is 18.2 Å². The third kappa shape index (κ3) is 2.73. The van der Waals surface area contributed by atoms with E-state index in [0.29, 0.717) is 24.3 Å². The fourth-order valence-electron chi connectivity index (χ4n) is 1.85. The number of hydrogen-bond acceptors (Lipinski definition) is 2. The Bertz CT molecular complexity index is 363. The van der Waals surface area contributed by atoms with E-state index in [1.807, 2.05) is 14.0 Å². The number of halogens is 1. The van der Waals surface area contributed by atoms with E-state index in [1.54, 1.807) is 12.1 Å². The largest absolute Gasteiger partial charge is 0.489 e. The Morgan fingerprint density at radius 1 is 1.50 bits per heavy atom. The number of hydrogen-bond donors (Lipinski definition) is 1. The first-order valence-corrected chi connectivity index (χ1v) is 5.77. The van der Waals surface area contributed by atoms with E-state index in [0.717, 1.165) is 5.56 Å².